The molecule has 6 heteroatoms. The molecule has 3 rings (SSSR count). The number of methoxy groups -OCH3 is 2. The van der Waals surface area contributed by atoms with Gasteiger partial charge in [-0.25, -0.2) is 8.42 Å². The maximum Gasteiger partial charge on any atom is 0.262 e. The van der Waals surface area contributed by atoms with Crippen molar-refractivity contribution in [3.8, 4) is 11.5 Å². The number of rotatable bonds is 5. The summed E-state index contributed by atoms with van der Waals surface area (Å²) in [6, 6.07) is 17.3. The van der Waals surface area contributed by atoms with Crippen LogP contribution in [0.15, 0.2) is 65.6 Å². The van der Waals surface area contributed by atoms with E-state index in [1.807, 2.05) is 12.1 Å². The highest BCUT2D eigenvalue weighted by atomic mass is 32.2. The molecule has 124 valence electrons. The molecule has 0 aliphatic carbocycles. The van der Waals surface area contributed by atoms with Crippen molar-refractivity contribution in [3.63, 3.8) is 0 Å². The van der Waals surface area contributed by atoms with Gasteiger partial charge < -0.3 is 9.47 Å². The van der Waals surface area contributed by atoms with Gasteiger partial charge in [-0.2, -0.15) is 0 Å². The zero-order valence-corrected chi connectivity index (χ0v) is 14.1. The molecule has 0 saturated carbocycles. The zero-order valence-electron chi connectivity index (χ0n) is 13.3. The van der Waals surface area contributed by atoms with E-state index in [-0.39, 0.29) is 4.90 Å². The van der Waals surface area contributed by atoms with Crippen LogP contribution in [0.3, 0.4) is 0 Å². The molecule has 0 aliphatic heterocycles. The maximum atomic E-state index is 12.6. The van der Waals surface area contributed by atoms with Crippen molar-refractivity contribution in [2.45, 2.75) is 4.90 Å². The molecule has 24 heavy (non-hydrogen) atoms. The first-order chi connectivity index (χ1) is 11.5. The fourth-order valence-electron chi connectivity index (χ4n) is 2.43. The Kier molecular flexibility index (Phi) is 4.31. The zero-order chi connectivity index (χ0) is 17.2. The van der Waals surface area contributed by atoms with Crippen LogP contribution in [0.4, 0.5) is 5.69 Å². The molecule has 0 unspecified atom stereocenters. The fraction of sp³-hybridized carbons (Fsp3) is 0.111. The molecular formula is C18H17NO4S. The second-order valence-corrected chi connectivity index (χ2v) is 6.86. The van der Waals surface area contributed by atoms with Gasteiger partial charge in [0.2, 0.25) is 0 Å². The Morgan fingerprint density at radius 1 is 0.833 bits per heavy atom. The van der Waals surface area contributed by atoms with E-state index in [1.165, 1.54) is 7.11 Å². The van der Waals surface area contributed by atoms with Gasteiger partial charge in [0, 0.05) is 0 Å². The smallest absolute Gasteiger partial charge is 0.262 e. The van der Waals surface area contributed by atoms with Gasteiger partial charge in [-0.05, 0) is 47.2 Å². The number of hydrogen-bond donors (Lipinski definition) is 1. The second-order valence-electron chi connectivity index (χ2n) is 5.18. The minimum Gasteiger partial charge on any atom is -0.497 e. The van der Waals surface area contributed by atoms with Gasteiger partial charge in [0.05, 0.1) is 24.8 Å². The van der Waals surface area contributed by atoms with Gasteiger partial charge in [-0.15, -0.1) is 0 Å². The molecule has 3 aromatic rings. The molecule has 0 heterocycles. The van der Waals surface area contributed by atoms with Crippen molar-refractivity contribution in [1.82, 2.24) is 0 Å². The van der Waals surface area contributed by atoms with Crippen LogP contribution in [0, 0.1) is 0 Å². The fourth-order valence-corrected chi connectivity index (χ4v) is 3.53. The predicted octanol–water partition coefficient (Wildman–Crippen LogP) is 3.66. The normalized spacial score (nSPS) is 11.2. The van der Waals surface area contributed by atoms with E-state index >= 15 is 0 Å². The van der Waals surface area contributed by atoms with Gasteiger partial charge in [0.15, 0.2) is 0 Å². The van der Waals surface area contributed by atoms with Crippen LogP contribution in [0.25, 0.3) is 10.8 Å². The van der Waals surface area contributed by atoms with Gasteiger partial charge in [0.1, 0.15) is 11.5 Å². The van der Waals surface area contributed by atoms with E-state index in [1.54, 1.807) is 55.6 Å². The summed E-state index contributed by atoms with van der Waals surface area (Å²) in [7, 11) is -0.623. The summed E-state index contributed by atoms with van der Waals surface area (Å²) in [4.78, 5) is 0.186. The van der Waals surface area contributed by atoms with Crippen molar-refractivity contribution < 1.29 is 17.9 Å². The molecule has 0 aromatic heterocycles. The summed E-state index contributed by atoms with van der Waals surface area (Å²) in [5.74, 6) is 1.19. The Morgan fingerprint density at radius 3 is 2.29 bits per heavy atom. The highest BCUT2D eigenvalue weighted by Crippen LogP contribution is 2.28. The Hall–Kier alpha value is -2.73. The van der Waals surface area contributed by atoms with Crippen molar-refractivity contribution in [2.75, 3.05) is 18.9 Å². The van der Waals surface area contributed by atoms with Crippen LogP contribution in [-0.2, 0) is 10.0 Å². The first kappa shape index (κ1) is 16.1. The predicted molar refractivity (Wildman–Crippen MR) is 94.3 cm³/mol. The molecule has 5 nitrogen and oxygen atoms in total. The molecule has 0 aliphatic rings. The monoisotopic (exact) mass is 343 g/mol. The minimum atomic E-state index is -3.71. The molecule has 0 amide bonds. The Balaban J connectivity index is 1.99. The highest BCUT2D eigenvalue weighted by molar-refractivity contribution is 7.92. The number of nitrogens with one attached hydrogen (secondary N) is 1. The lowest BCUT2D eigenvalue weighted by atomic mass is 10.1. The first-order valence-electron chi connectivity index (χ1n) is 7.27. The Bertz CT molecular complexity index is 983. The molecule has 1 N–H and O–H groups in total. The Morgan fingerprint density at radius 2 is 1.54 bits per heavy atom. The molecule has 0 atom stereocenters. The van der Waals surface area contributed by atoms with Crippen LogP contribution < -0.4 is 14.2 Å². The summed E-state index contributed by atoms with van der Waals surface area (Å²) in [6.07, 6.45) is 0. The van der Waals surface area contributed by atoms with Crippen molar-refractivity contribution in [1.29, 1.82) is 0 Å². The average molecular weight is 343 g/mol. The summed E-state index contributed by atoms with van der Waals surface area (Å²) in [5, 5.41) is 1.73. The molecule has 0 bridgehead atoms. The standard InChI is InChI=1S/C18H17NO4S/c1-22-15-9-7-14-12-16(10-8-13(14)11-15)24(20,21)19-17-5-3-4-6-18(17)23-2/h3-12,19H,1-2H3. The van der Waals surface area contributed by atoms with E-state index in [2.05, 4.69) is 4.72 Å². The van der Waals surface area contributed by atoms with Crippen LogP contribution in [-0.4, -0.2) is 22.6 Å². The summed E-state index contributed by atoms with van der Waals surface area (Å²) in [5.41, 5.74) is 0.398. The summed E-state index contributed by atoms with van der Waals surface area (Å²) < 4.78 is 38.2. The van der Waals surface area contributed by atoms with Gasteiger partial charge in [-0.1, -0.05) is 24.3 Å². The number of sulfonamides is 1. The van der Waals surface area contributed by atoms with Crippen LogP contribution >= 0.6 is 0 Å². The third-order valence-corrected chi connectivity index (χ3v) is 5.04. The van der Waals surface area contributed by atoms with Gasteiger partial charge in [0.25, 0.3) is 10.0 Å². The third-order valence-electron chi connectivity index (χ3n) is 3.68. The SMILES string of the molecule is COc1ccc2cc(S(=O)(=O)Nc3ccccc3OC)ccc2c1. The lowest BCUT2D eigenvalue weighted by molar-refractivity contribution is 0.415. The molecular weight excluding hydrogens is 326 g/mol. The molecule has 0 fully saturated rings. The number of benzene rings is 3. The number of fused-ring (bicyclic) bond motifs is 1. The quantitative estimate of drug-likeness (QED) is 0.768. The van der Waals surface area contributed by atoms with E-state index in [0.717, 1.165) is 16.5 Å². The van der Waals surface area contributed by atoms with Gasteiger partial charge in [-0.3, -0.25) is 4.72 Å². The van der Waals surface area contributed by atoms with Crippen molar-refractivity contribution >= 4 is 26.5 Å². The Labute approximate surface area is 140 Å². The van der Waals surface area contributed by atoms with E-state index in [4.69, 9.17) is 9.47 Å². The lowest BCUT2D eigenvalue weighted by Crippen LogP contribution is -2.13. The van der Waals surface area contributed by atoms with E-state index < -0.39 is 10.0 Å². The minimum absolute atomic E-state index is 0.186. The topological polar surface area (TPSA) is 64.6 Å². The summed E-state index contributed by atoms with van der Waals surface area (Å²) >= 11 is 0. The lowest BCUT2D eigenvalue weighted by Gasteiger charge is -2.12. The van der Waals surface area contributed by atoms with Gasteiger partial charge >= 0.3 is 0 Å². The number of ether oxygens (including phenoxy) is 2. The number of hydrogen-bond acceptors (Lipinski definition) is 4. The highest BCUT2D eigenvalue weighted by Gasteiger charge is 2.16. The van der Waals surface area contributed by atoms with E-state index in [9.17, 15) is 8.42 Å². The second kappa shape index (κ2) is 6.41. The van der Waals surface area contributed by atoms with Crippen molar-refractivity contribution in [2.24, 2.45) is 0 Å². The van der Waals surface area contributed by atoms with Crippen LogP contribution in [0.2, 0.25) is 0 Å². The first-order valence-corrected chi connectivity index (χ1v) is 8.75. The third kappa shape index (κ3) is 3.14. The van der Waals surface area contributed by atoms with E-state index in [0.29, 0.717) is 11.4 Å². The molecule has 0 saturated heterocycles. The molecule has 0 spiro atoms. The number of anilines is 1. The van der Waals surface area contributed by atoms with Crippen LogP contribution in [0.1, 0.15) is 0 Å². The van der Waals surface area contributed by atoms with Crippen molar-refractivity contribution in [3.05, 3.63) is 60.7 Å². The molecule has 0 radical (unpaired) electrons. The summed E-state index contributed by atoms with van der Waals surface area (Å²) in [6.45, 7) is 0. The van der Waals surface area contributed by atoms with Crippen LogP contribution in [0.5, 0.6) is 11.5 Å². The average Bonchev–Trinajstić information content (AvgIpc) is 2.61. The maximum absolute atomic E-state index is 12.6. The number of para-hydroxylation sites is 2. The largest absolute Gasteiger partial charge is 0.497 e. The molecule has 3 aromatic carbocycles.